The van der Waals surface area contributed by atoms with Crippen LogP contribution in [0.15, 0.2) is 67.0 Å². The lowest BCUT2D eigenvalue weighted by Crippen LogP contribution is -2.42. The SMILES string of the molecule is O=C(OCc1ccccc1)N1CCC(Nc2cccc3cnccc23)CC1. The third kappa shape index (κ3) is 4.19. The van der Waals surface area contributed by atoms with Gasteiger partial charge in [0, 0.05) is 48.0 Å². The topological polar surface area (TPSA) is 54.5 Å². The average molecular weight is 361 g/mol. The lowest BCUT2D eigenvalue weighted by molar-refractivity contribution is 0.0882. The van der Waals surface area contributed by atoms with Gasteiger partial charge in [-0.05, 0) is 30.5 Å². The molecule has 1 fully saturated rings. The Morgan fingerprint density at radius 2 is 1.89 bits per heavy atom. The highest BCUT2D eigenvalue weighted by Gasteiger charge is 2.24. The molecule has 0 radical (unpaired) electrons. The molecule has 5 heteroatoms. The van der Waals surface area contributed by atoms with Crippen LogP contribution in [0.1, 0.15) is 18.4 Å². The molecule has 0 saturated carbocycles. The quantitative estimate of drug-likeness (QED) is 0.746. The van der Waals surface area contributed by atoms with E-state index in [0.717, 1.165) is 29.5 Å². The van der Waals surface area contributed by atoms with Gasteiger partial charge in [-0.2, -0.15) is 0 Å². The Morgan fingerprint density at radius 1 is 1.07 bits per heavy atom. The maximum atomic E-state index is 12.3. The number of nitrogens with one attached hydrogen (secondary N) is 1. The molecule has 1 aromatic heterocycles. The Morgan fingerprint density at radius 3 is 2.70 bits per heavy atom. The average Bonchev–Trinajstić information content (AvgIpc) is 2.74. The number of fused-ring (bicyclic) bond motifs is 1. The number of aromatic nitrogens is 1. The van der Waals surface area contributed by atoms with Gasteiger partial charge >= 0.3 is 6.09 Å². The van der Waals surface area contributed by atoms with Crippen molar-refractivity contribution in [2.75, 3.05) is 18.4 Å². The number of hydrogen-bond donors (Lipinski definition) is 1. The summed E-state index contributed by atoms with van der Waals surface area (Å²) in [6, 6.07) is 18.4. The first-order valence-electron chi connectivity index (χ1n) is 9.34. The molecular weight excluding hydrogens is 338 g/mol. The van der Waals surface area contributed by atoms with Crippen molar-refractivity contribution >= 4 is 22.6 Å². The number of nitrogens with zero attached hydrogens (tertiary/aromatic N) is 2. The van der Waals surface area contributed by atoms with E-state index < -0.39 is 0 Å². The van der Waals surface area contributed by atoms with Gasteiger partial charge < -0.3 is 15.0 Å². The zero-order valence-corrected chi connectivity index (χ0v) is 15.2. The van der Waals surface area contributed by atoms with Crippen LogP contribution in [-0.2, 0) is 11.3 Å². The van der Waals surface area contributed by atoms with Crippen molar-refractivity contribution in [2.24, 2.45) is 0 Å². The Hall–Kier alpha value is -3.08. The van der Waals surface area contributed by atoms with Gasteiger partial charge in [-0.3, -0.25) is 4.98 Å². The van der Waals surface area contributed by atoms with Crippen LogP contribution in [-0.4, -0.2) is 35.1 Å². The van der Waals surface area contributed by atoms with Gasteiger partial charge in [0.15, 0.2) is 0 Å². The van der Waals surface area contributed by atoms with Gasteiger partial charge in [0.1, 0.15) is 6.61 Å². The van der Waals surface area contributed by atoms with Crippen LogP contribution < -0.4 is 5.32 Å². The summed E-state index contributed by atoms with van der Waals surface area (Å²) < 4.78 is 5.44. The van der Waals surface area contributed by atoms with Crippen LogP contribution in [0.4, 0.5) is 10.5 Å². The van der Waals surface area contributed by atoms with Crippen molar-refractivity contribution < 1.29 is 9.53 Å². The van der Waals surface area contributed by atoms with E-state index in [2.05, 4.69) is 22.4 Å². The largest absolute Gasteiger partial charge is 0.445 e. The molecule has 2 aromatic carbocycles. The number of amides is 1. The fraction of sp³-hybridized carbons (Fsp3) is 0.273. The third-order valence-corrected chi connectivity index (χ3v) is 5.00. The van der Waals surface area contributed by atoms with Crippen LogP contribution in [0.3, 0.4) is 0 Å². The molecule has 1 aliphatic rings. The predicted molar refractivity (Wildman–Crippen MR) is 107 cm³/mol. The van der Waals surface area contributed by atoms with Crippen molar-refractivity contribution in [1.29, 1.82) is 0 Å². The number of carbonyl (C=O) groups is 1. The Labute approximate surface area is 159 Å². The van der Waals surface area contributed by atoms with E-state index in [1.54, 1.807) is 4.90 Å². The molecule has 2 heterocycles. The zero-order valence-electron chi connectivity index (χ0n) is 15.2. The summed E-state index contributed by atoms with van der Waals surface area (Å²) >= 11 is 0. The van der Waals surface area contributed by atoms with Gasteiger partial charge in [0.2, 0.25) is 0 Å². The molecule has 0 spiro atoms. The monoisotopic (exact) mass is 361 g/mol. The van der Waals surface area contributed by atoms with Crippen molar-refractivity contribution in [1.82, 2.24) is 9.88 Å². The highest BCUT2D eigenvalue weighted by molar-refractivity contribution is 5.93. The molecule has 0 bridgehead atoms. The maximum absolute atomic E-state index is 12.3. The molecule has 4 rings (SSSR count). The summed E-state index contributed by atoms with van der Waals surface area (Å²) in [5.74, 6) is 0. The normalized spacial score (nSPS) is 14.9. The van der Waals surface area contributed by atoms with E-state index in [-0.39, 0.29) is 6.09 Å². The van der Waals surface area contributed by atoms with Crippen molar-refractivity contribution in [2.45, 2.75) is 25.5 Å². The number of likely N-dealkylation sites (tertiary alicyclic amines) is 1. The predicted octanol–water partition coefficient (Wildman–Crippen LogP) is 4.45. The number of piperidine rings is 1. The fourth-order valence-electron chi connectivity index (χ4n) is 3.49. The van der Waals surface area contributed by atoms with Crippen molar-refractivity contribution in [3.05, 3.63) is 72.6 Å². The summed E-state index contributed by atoms with van der Waals surface area (Å²) in [5.41, 5.74) is 2.13. The first-order valence-corrected chi connectivity index (χ1v) is 9.34. The molecular formula is C22H23N3O2. The van der Waals surface area contributed by atoms with Gasteiger partial charge in [-0.1, -0.05) is 42.5 Å². The van der Waals surface area contributed by atoms with E-state index >= 15 is 0 Å². The van der Waals surface area contributed by atoms with Crippen LogP contribution in [0.5, 0.6) is 0 Å². The summed E-state index contributed by atoms with van der Waals surface area (Å²) in [6.07, 6.45) is 5.28. The Balaban J connectivity index is 1.30. The molecule has 3 aromatic rings. The van der Waals surface area contributed by atoms with Crippen LogP contribution in [0.2, 0.25) is 0 Å². The summed E-state index contributed by atoms with van der Waals surface area (Å²) in [4.78, 5) is 18.3. The molecule has 1 amide bonds. The molecule has 1 saturated heterocycles. The van der Waals surface area contributed by atoms with E-state index in [1.807, 2.05) is 54.9 Å². The zero-order chi connectivity index (χ0) is 18.5. The highest BCUT2D eigenvalue weighted by Crippen LogP contribution is 2.25. The standard InChI is InChI=1S/C22H23N3O2/c26-22(27-16-17-5-2-1-3-6-17)25-13-10-19(11-14-25)24-21-8-4-7-18-15-23-12-9-20(18)21/h1-9,12,15,19,24H,10-11,13-14,16H2. The summed E-state index contributed by atoms with van der Waals surface area (Å²) in [6.45, 7) is 1.73. The minimum absolute atomic E-state index is 0.228. The smallest absolute Gasteiger partial charge is 0.410 e. The third-order valence-electron chi connectivity index (χ3n) is 5.00. The van der Waals surface area contributed by atoms with Crippen molar-refractivity contribution in [3.8, 4) is 0 Å². The van der Waals surface area contributed by atoms with Crippen LogP contribution in [0.25, 0.3) is 10.8 Å². The van der Waals surface area contributed by atoms with E-state index in [0.29, 0.717) is 25.7 Å². The Kier molecular flexibility index (Phi) is 5.19. The molecule has 0 atom stereocenters. The molecule has 1 aliphatic heterocycles. The van der Waals surface area contributed by atoms with E-state index in [9.17, 15) is 4.79 Å². The lowest BCUT2D eigenvalue weighted by atomic mass is 10.0. The lowest BCUT2D eigenvalue weighted by Gasteiger charge is -2.32. The van der Waals surface area contributed by atoms with E-state index in [4.69, 9.17) is 4.74 Å². The maximum Gasteiger partial charge on any atom is 0.410 e. The number of ether oxygens (including phenoxy) is 1. The van der Waals surface area contributed by atoms with E-state index in [1.165, 1.54) is 5.39 Å². The number of pyridine rings is 1. The minimum Gasteiger partial charge on any atom is -0.445 e. The first kappa shape index (κ1) is 17.3. The van der Waals surface area contributed by atoms with Gasteiger partial charge in [0.05, 0.1) is 0 Å². The van der Waals surface area contributed by atoms with Crippen LogP contribution in [0, 0.1) is 0 Å². The minimum atomic E-state index is -0.228. The molecule has 138 valence electrons. The van der Waals surface area contributed by atoms with Gasteiger partial charge in [0.25, 0.3) is 0 Å². The number of benzene rings is 2. The highest BCUT2D eigenvalue weighted by atomic mass is 16.6. The molecule has 0 unspecified atom stereocenters. The fourth-order valence-corrected chi connectivity index (χ4v) is 3.49. The van der Waals surface area contributed by atoms with Gasteiger partial charge in [-0.25, -0.2) is 4.79 Å². The van der Waals surface area contributed by atoms with Crippen LogP contribution >= 0.6 is 0 Å². The Bertz CT molecular complexity index is 900. The first-order chi connectivity index (χ1) is 13.3. The number of anilines is 1. The molecule has 0 aliphatic carbocycles. The summed E-state index contributed by atoms with van der Waals surface area (Å²) in [7, 11) is 0. The second-order valence-corrected chi connectivity index (χ2v) is 6.85. The second-order valence-electron chi connectivity index (χ2n) is 6.85. The number of hydrogen-bond acceptors (Lipinski definition) is 4. The molecule has 1 N–H and O–H groups in total. The van der Waals surface area contributed by atoms with Gasteiger partial charge in [-0.15, -0.1) is 0 Å². The molecule has 5 nitrogen and oxygen atoms in total. The number of carbonyl (C=O) groups excluding carboxylic acids is 1. The van der Waals surface area contributed by atoms with Crippen molar-refractivity contribution in [3.63, 3.8) is 0 Å². The second kappa shape index (κ2) is 8.08. The molecule has 27 heavy (non-hydrogen) atoms. The number of rotatable bonds is 4. The summed E-state index contributed by atoms with van der Waals surface area (Å²) in [5, 5.41) is 5.94.